The summed E-state index contributed by atoms with van der Waals surface area (Å²) in [5.41, 5.74) is 0.0212. The van der Waals surface area contributed by atoms with Crippen molar-refractivity contribution in [2.75, 3.05) is 13.1 Å². The number of rotatable bonds is 4. The Hall–Kier alpha value is -2.64. The first-order chi connectivity index (χ1) is 13.2. The largest absolute Gasteiger partial charge is 0.416 e. The van der Waals surface area contributed by atoms with E-state index in [2.05, 4.69) is 5.10 Å². The van der Waals surface area contributed by atoms with Crippen molar-refractivity contribution in [1.29, 1.82) is 0 Å². The molecule has 2 heterocycles. The molecule has 1 saturated heterocycles. The number of nitrogens with zero attached hydrogens (tertiary/aromatic N) is 3. The Balaban J connectivity index is 1.57. The zero-order chi connectivity index (χ0) is 20.3. The topological polar surface area (TPSA) is 55.2 Å². The molecule has 0 unspecified atom stereocenters. The molecular weight excluding hydrogens is 371 g/mol. The Kier molecular flexibility index (Phi) is 5.86. The smallest absolute Gasteiger partial charge is 0.342 e. The first-order valence-corrected chi connectivity index (χ1v) is 9.20. The summed E-state index contributed by atoms with van der Waals surface area (Å²) in [7, 11) is 1.53. The number of alkyl halides is 3. The number of amides is 1. The van der Waals surface area contributed by atoms with Crippen LogP contribution in [0, 0.1) is 5.92 Å². The van der Waals surface area contributed by atoms with Crippen molar-refractivity contribution in [1.82, 2.24) is 14.7 Å². The molecule has 1 aromatic carbocycles. The zero-order valence-electron chi connectivity index (χ0n) is 15.6. The number of aryl methyl sites for hydroxylation is 1. The third kappa shape index (κ3) is 4.79. The highest BCUT2D eigenvalue weighted by atomic mass is 19.4. The fraction of sp³-hybridized carbons (Fsp3) is 0.450. The number of hydrogen-bond acceptors (Lipinski definition) is 3. The standard InChI is InChI=1S/C20H22F3N3O2/c1-25-18(27)7-6-16(24-25)13-19(28)26-10-8-14(9-11-26)12-15-4-2-3-5-17(15)20(21,22)23/h2-7,14H,8-13H2,1H3. The number of carbonyl (C=O) groups excluding carboxylic acids is 1. The van der Waals surface area contributed by atoms with Crippen molar-refractivity contribution >= 4 is 5.91 Å². The third-order valence-electron chi connectivity index (χ3n) is 5.15. The van der Waals surface area contributed by atoms with Crippen LogP contribution in [-0.4, -0.2) is 33.7 Å². The van der Waals surface area contributed by atoms with Crippen LogP contribution in [0.25, 0.3) is 0 Å². The Morgan fingerprint density at radius 2 is 1.82 bits per heavy atom. The van der Waals surface area contributed by atoms with E-state index in [1.807, 2.05) is 0 Å². The first-order valence-electron chi connectivity index (χ1n) is 9.20. The molecule has 1 aromatic heterocycles. The average molecular weight is 393 g/mol. The highest BCUT2D eigenvalue weighted by molar-refractivity contribution is 5.78. The van der Waals surface area contributed by atoms with E-state index in [9.17, 15) is 22.8 Å². The molecule has 150 valence electrons. The van der Waals surface area contributed by atoms with Gasteiger partial charge in [0.15, 0.2) is 0 Å². The molecule has 0 aliphatic carbocycles. The van der Waals surface area contributed by atoms with Gasteiger partial charge in [-0.25, -0.2) is 4.68 Å². The summed E-state index contributed by atoms with van der Waals surface area (Å²) in [6.45, 7) is 1.03. The quantitative estimate of drug-likeness (QED) is 0.803. The second-order valence-corrected chi connectivity index (χ2v) is 7.15. The van der Waals surface area contributed by atoms with Crippen molar-refractivity contribution in [2.45, 2.75) is 31.9 Å². The number of piperidine rings is 1. The summed E-state index contributed by atoms with van der Waals surface area (Å²) in [5, 5.41) is 4.06. The zero-order valence-corrected chi connectivity index (χ0v) is 15.6. The molecule has 3 rings (SSSR count). The molecular formula is C20H22F3N3O2. The molecule has 0 saturated carbocycles. The van der Waals surface area contributed by atoms with Gasteiger partial charge in [-0.2, -0.15) is 18.3 Å². The molecule has 1 aliphatic rings. The summed E-state index contributed by atoms with van der Waals surface area (Å²) in [5.74, 6) is 0.0310. The van der Waals surface area contributed by atoms with Gasteiger partial charge in [0, 0.05) is 26.2 Å². The van der Waals surface area contributed by atoms with Crippen molar-refractivity contribution < 1.29 is 18.0 Å². The van der Waals surface area contributed by atoms with Crippen molar-refractivity contribution in [3.63, 3.8) is 0 Å². The van der Waals surface area contributed by atoms with Crippen LogP contribution < -0.4 is 5.56 Å². The van der Waals surface area contributed by atoms with Gasteiger partial charge in [-0.15, -0.1) is 0 Å². The molecule has 0 N–H and O–H groups in total. The maximum atomic E-state index is 13.2. The van der Waals surface area contributed by atoms with Gasteiger partial charge in [-0.1, -0.05) is 18.2 Å². The summed E-state index contributed by atoms with van der Waals surface area (Å²) in [6, 6.07) is 8.60. The predicted molar refractivity (Wildman–Crippen MR) is 97.6 cm³/mol. The minimum absolute atomic E-state index is 0.0831. The fourth-order valence-electron chi connectivity index (χ4n) is 3.58. The lowest BCUT2D eigenvalue weighted by Crippen LogP contribution is -2.40. The predicted octanol–water partition coefficient (Wildman–Crippen LogP) is 2.82. The van der Waals surface area contributed by atoms with Gasteiger partial charge in [-0.3, -0.25) is 9.59 Å². The molecule has 1 fully saturated rings. The molecule has 2 aromatic rings. The highest BCUT2D eigenvalue weighted by Crippen LogP contribution is 2.34. The molecule has 1 amide bonds. The molecule has 0 bridgehead atoms. The number of likely N-dealkylation sites (tertiary alicyclic amines) is 1. The lowest BCUT2D eigenvalue weighted by Gasteiger charge is -2.32. The van der Waals surface area contributed by atoms with E-state index in [0.29, 0.717) is 43.6 Å². The second kappa shape index (κ2) is 8.16. The van der Waals surface area contributed by atoms with Gasteiger partial charge < -0.3 is 4.90 Å². The molecule has 0 spiro atoms. The van der Waals surface area contributed by atoms with E-state index in [1.54, 1.807) is 17.0 Å². The van der Waals surface area contributed by atoms with Crippen molar-refractivity contribution in [3.8, 4) is 0 Å². The maximum Gasteiger partial charge on any atom is 0.416 e. The summed E-state index contributed by atoms with van der Waals surface area (Å²) in [4.78, 5) is 25.6. The van der Waals surface area contributed by atoms with Crippen LogP contribution in [-0.2, 0) is 30.9 Å². The van der Waals surface area contributed by atoms with Gasteiger partial charge in [-0.05, 0) is 42.9 Å². The minimum atomic E-state index is -4.35. The summed E-state index contributed by atoms with van der Waals surface area (Å²) < 4.78 is 40.6. The average Bonchev–Trinajstić information content (AvgIpc) is 2.65. The van der Waals surface area contributed by atoms with Gasteiger partial charge in [0.1, 0.15) is 0 Å². The lowest BCUT2D eigenvalue weighted by atomic mass is 9.88. The molecule has 1 aliphatic heterocycles. The Morgan fingerprint density at radius 1 is 1.14 bits per heavy atom. The maximum absolute atomic E-state index is 13.2. The van der Waals surface area contributed by atoms with Gasteiger partial charge in [0.25, 0.3) is 5.56 Å². The van der Waals surface area contributed by atoms with Gasteiger partial charge in [0.2, 0.25) is 5.91 Å². The van der Waals surface area contributed by atoms with E-state index in [0.717, 1.165) is 6.07 Å². The summed E-state index contributed by atoms with van der Waals surface area (Å²) in [6.07, 6.45) is -2.55. The van der Waals surface area contributed by atoms with Crippen LogP contribution in [0.15, 0.2) is 41.2 Å². The van der Waals surface area contributed by atoms with Crippen molar-refractivity contribution in [2.24, 2.45) is 13.0 Å². The molecule has 0 atom stereocenters. The molecule has 8 heteroatoms. The van der Waals surface area contributed by atoms with Gasteiger partial charge in [0.05, 0.1) is 17.7 Å². The van der Waals surface area contributed by atoms with Crippen LogP contribution >= 0.6 is 0 Å². The van der Waals surface area contributed by atoms with E-state index in [1.165, 1.54) is 29.9 Å². The number of benzene rings is 1. The molecule has 5 nitrogen and oxygen atoms in total. The molecule has 0 radical (unpaired) electrons. The normalized spacial score (nSPS) is 15.6. The fourth-order valence-corrected chi connectivity index (χ4v) is 3.58. The Bertz CT molecular complexity index is 900. The summed E-state index contributed by atoms with van der Waals surface area (Å²) >= 11 is 0. The number of carbonyl (C=O) groups is 1. The third-order valence-corrected chi connectivity index (χ3v) is 5.15. The monoisotopic (exact) mass is 393 g/mol. The molecule has 28 heavy (non-hydrogen) atoms. The van der Waals surface area contributed by atoms with E-state index in [-0.39, 0.29) is 23.8 Å². The number of hydrogen-bond donors (Lipinski definition) is 0. The number of halogens is 3. The first kappa shape index (κ1) is 20.1. The van der Waals surface area contributed by atoms with E-state index < -0.39 is 11.7 Å². The SMILES string of the molecule is Cn1nc(CC(=O)N2CCC(Cc3ccccc3C(F)(F)F)CC2)ccc1=O. The van der Waals surface area contributed by atoms with Crippen LogP contribution in [0.4, 0.5) is 13.2 Å². The Morgan fingerprint density at radius 3 is 2.46 bits per heavy atom. The minimum Gasteiger partial charge on any atom is -0.342 e. The number of aromatic nitrogens is 2. The highest BCUT2D eigenvalue weighted by Gasteiger charge is 2.34. The van der Waals surface area contributed by atoms with Gasteiger partial charge >= 0.3 is 6.18 Å². The van der Waals surface area contributed by atoms with Crippen LogP contribution in [0.5, 0.6) is 0 Å². The lowest BCUT2D eigenvalue weighted by molar-refractivity contribution is -0.138. The van der Waals surface area contributed by atoms with E-state index >= 15 is 0 Å². The van der Waals surface area contributed by atoms with Crippen LogP contribution in [0.3, 0.4) is 0 Å². The van der Waals surface area contributed by atoms with Crippen LogP contribution in [0.1, 0.15) is 29.7 Å². The second-order valence-electron chi connectivity index (χ2n) is 7.15. The van der Waals surface area contributed by atoms with E-state index in [4.69, 9.17) is 0 Å². The van der Waals surface area contributed by atoms with Crippen LogP contribution in [0.2, 0.25) is 0 Å². The van der Waals surface area contributed by atoms with Crippen molar-refractivity contribution in [3.05, 3.63) is 63.6 Å². The Labute approximate surface area is 160 Å².